The van der Waals surface area contributed by atoms with Crippen LogP contribution in [-0.2, 0) is 4.79 Å². The zero-order valence-electron chi connectivity index (χ0n) is 9.07. The number of carbonyl (C=O) groups is 1. The van der Waals surface area contributed by atoms with E-state index in [0.29, 0.717) is 5.92 Å². The van der Waals surface area contributed by atoms with E-state index in [1.807, 2.05) is 4.90 Å². The molecule has 0 aromatic carbocycles. The van der Waals surface area contributed by atoms with Gasteiger partial charge in [-0.25, -0.2) is 0 Å². The molecular formula is C10H20N2O2. The van der Waals surface area contributed by atoms with Gasteiger partial charge >= 0.3 is 0 Å². The Hall–Kier alpha value is -0.610. The highest BCUT2D eigenvalue weighted by molar-refractivity contribution is 5.74. The van der Waals surface area contributed by atoms with Crippen LogP contribution in [0.15, 0.2) is 0 Å². The average molecular weight is 200 g/mol. The first kappa shape index (κ1) is 11.5. The molecule has 4 heteroatoms. The van der Waals surface area contributed by atoms with Crippen molar-refractivity contribution in [3.05, 3.63) is 0 Å². The Morgan fingerprint density at radius 1 is 1.57 bits per heavy atom. The highest BCUT2D eigenvalue weighted by atomic mass is 16.3. The Morgan fingerprint density at radius 3 is 2.71 bits per heavy atom. The van der Waals surface area contributed by atoms with Gasteiger partial charge in [-0.05, 0) is 13.5 Å². The van der Waals surface area contributed by atoms with Crippen molar-refractivity contribution in [2.45, 2.75) is 13.3 Å². The zero-order chi connectivity index (χ0) is 10.6. The third-order valence-electron chi connectivity index (χ3n) is 2.67. The average Bonchev–Trinajstić information content (AvgIpc) is 2.06. The molecule has 0 spiro atoms. The molecule has 82 valence electrons. The van der Waals surface area contributed by atoms with E-state index >= 15 is 0 Å². The molecule has 0 aliphatic carbocycles. The molecule has 0 atom stereocenters. The Balaban J connectivity index is 2.07. The minimum atomic E-state index is 0.180. The molecule has 1 saturated heterocycles. The summed E-state index contributed by atoms with van der Waals surface area (Å²) in [6.45, 7) is 5.65. The molecule has 0 unspecified atom stereocenters. The van der Waals surface area contributed by atoms with Gasteiger partial charge in [0.2, 0.25) is 5.91 Å². The lowest BCUT2D eigenvalue weighted by atomic mass is 9.99. The SMILES string of the molecule is CC(=O)N1CC(CN(C)CCCO)C1. The van der Waals surface area contributed by atoms with Crippen LogP contribution in [0.1, 0.15) is 13.3 Å². The molecule has 4 nitrogen and oxygen atoms in total. The number of amides is 1. The summed E-state index contributed by atoms with van der Waals surface area (Å²) in [5, 5.41) is 8.66. The normalized spacial score (nSPS) is 17.3. The molecule has 0 radical (unpaired) electrons. The van der Waals surface area contributed by atoms with E-state index < -0.39 is 0 Å². The van der Waals surface area contributed by atoms with Crippen molar-refractivity contribution in [1.82, 2.24) is 9.80 Å². The van der Waals surface area contributed by atoms with E-state index in [0.717, 1.165) is 32.6 Å². The van der Waals surface area contributed by atoms with Crippen LogP contribution in [0.25, 0.3) is 0 Å². The van der Waals surface area contributed by atoms with Crippen molar-refractivity contribution in [2.75, 3.05) is 39.8 Å². The summed E-state index contributed by atoms with van der Waals surface area (Å²) in [4.78, 5) is 15.0. The van der Waals surface area contributed by atoms with Gasteiger partial charge in [0, 0.05) is 45.6 Å². The van der Waals surface area contributed by atoms with Crippen molar-refractivity contribution < 1.29 is 9.90 Å². The lowest BCUT2D eigenvalue weighted by molar-refractivity contribution is -0.135. The Labute approximate surface area is 85.5 Å². The number of rotatable bonds is 5. The van der Waals surface area contributed by atoms with Gasteiger partial charge < -0.3 is 14.9 Å². The Morgan fingerprint density at radius 2 is 2.21 bits per heavy atom. The number of likely N-dealkylation sites (tertiary alicyclic amines) is 1. The monoisotopic (exact) mass is 200 g/mol. The van der Waals surface area contributed by atoms with Crippen molar-refractivity contribution >= 4 is 5.91 Å². The summed E-state index contributed by atoms with van der Waals surface area (Å²) in [5.74, 6) is 0.807. The minimum Gasteiger partial charge on any atom is -0.396 e. The van der Waals surface area contributed by atoms with Gasteiger partial charge in [-0.3, -0.25) is 4.79 Å². The van der Waals surface area contributed by atoms with Crippen molar-refractivity contribution in [2.24, 2.45) is 5.92 Å². The molecule has 0 aromatic heterocycles. The summed E-state index contributed by atoms with van der Waals surface area (Å²) in [6.07, 6.45) is 0.833. The van der Waals surface area contributed by atoms with Gasteiger partial charge in [-0.2, -0.15) is 0 Å². The molecule has 1 aliphatic heterocycles. The predicted octanol–water partition coefficient (Wildman–Crippen LogP) is -0.221. The van der Waals surface area contributed by atoms with E-state index in [1.54, 1.807) is 6.92 Å². The molecule has 1 rings (SSSR count). The summed E-state index contributed by atoms with van der Waals surface area (Å²) < 4.78 is 0. The molecule has 1 fully saturated rings. The maximum atomic E-state index is 10.9. The van der Waals surface area contributed by atoms with Crippen molar-refractivity contribution in [1.29, 1.82) is 0 Å². The fourth-order valence-corrected chi connectivity index (χ4v) is 1.82. The molecule has 1 N–H and O–H groups in total. The summed E-state index contributed by atoms with van der Waals surface area (Å²) >= 11 is 0. The van der Waals surface area contributed by atoms with E-state index in [9.17, 15) is 4.79 Å². The number of hydrogen-bond donors (Lipinski definition) is 1. The smallest absolute Gasteiger partial charge is 0.219 e. The lowest BCUT2D eigenvalue weighted by Gasteiger charge is -2.40. The molecule has 1 heterocycles. The maximum Gasteiger partial charge on any atom is 0.219 e. The number of nitrogens with zero attached hydrogens (tertiary/aromatic N) is 2. The van der Waals surface area contributed by atoms with E-state index in [2.05, 4.69) is 11.9 Å². The molecular weight excluding hydrogens is 180 g/mol. The van der Waals surface area contributed by atoms with Gasteiger partial charge in [-0.1, -0.05) is 0 Å². The number of aliphatic hydroxyl groups is 1. The van der Waals surface area contributed by atoms with E-state index in [-0.39, 0.29) is 12.5 Å². The fourth-order valence-electron chi connectivity index (χ4n) is 1.82. The number of carbonyl (C=O) groups excluding carboxylic acids is 1. The predicted molar refractivity (Wildman–Crippen MR) is 54.9 cm³/mol. The quantitative estimate of drug-likeness (QED) is 0.667. The highest BCUT2D eigenvalue weighted by Gasteiger charge is 2.28. The van der Waals surface area contributed by atoms with Crippen LogP contribution >= 0.6 is 0 Å². The van der Waals surface area contributed by atoms with E-state index in [1.165, 1.54) is 0 Å². The van der Waals surface area contributed by atoms with Crippen LogP contribution in [0, 0.1) is 5.92 Å². The summed E-state index contributed by atoms with van der Waals surface area (Å²) in [7, 11) is 2.06. The standard InChI is InChI=1S/C10H20N2O2/c1-9(14)12-7-10(8-12)6-11(2)4-3-5-13/h10,13H,3-8H2,1-2H3. The summed E-state index contributed by atoms with van der Waals surface area (Å²) in [6, 6.07) is 0. The third-order valence-corrected chi connectivity index (χ3v) is 2.67. The largest absolute Gasteiger partial charge is 0.396 e. The number of aliphatic hydroxyl groups excluding tert-OH is 1. The zero-order valence-corrected chi connectivity index (χ0v) is 9.07. The van der Waals surface area contributed by atoms with Crippen molar-refractivity contribution in [3.8, 4) is 0 Å². The van der Waals surface area contributed by atoms with Gasteiger partial charge in [0.15, 0.2) is 0 Å². The van der Waals surface area contributed by atoms with Gasteiger partial charge in [0.1, 0.15) is 0 Å². The van der Waals surface area contributed by atoms with Crippen LogP contribution in [0.4, 0.5) is 0 Å². The van der Waals surface area contributed by atoms with Crippen LogP contribution in [0.2, 0.25) is 0 Å². The van der Waals surface area contributed by atoms with Gasteiger partial charge in [0.25, 0.3) is 0 Å². The second-order valence-electron chi connectivity index (χ2n) is 4.13. The van der Waals surface area contributed by atoms with E-state index in [4.69, 9.17) is 5.11 Å². The first-order valence-corrected chi connectivity index (χ1v) is 5.18. The van der Waals surface area contributed by atoms with Crippen LogP contribution in [0.3, 0.4) is 0 Å². The second kappa shape index (κ2) is 5.32. The molecule has 0 aromatic rings. The van der Waals surface area contributed by atoms with Crippen LogP contribution < -0.4 is 0 Å². The molecule has 0 bridgehead atoms. The molecule has 1 aliphatic rings. The van der Waals surface area contributed by atoms with Crippen molar-refractivity contribution in [3.63, 3.8) is 0 Å². The summed E-state index contributed by atoms with van der Waals surface area (Å²) in [5.41, 5.74) is 0. The van der Waals surface area contributed by atoms with Gasteiger partial charge in [-0.15, -0.1) is 0 Å². The first-order valence-electron chi connectivity index (χ1n) is 5.18. The molecule has 14 heavy (non-hydrogen) atoms. The number of hydrogen-bond acceptors (Lipinski definition) is 3. The fraction of sp³-hybridized carbons (Fsp3) is 0.900. The Bertz CT molecular complexity index is 191. The molecule has 0 saturated carbocycles. The highest BCUT2D eigenvalue weighted by Crippen LogP contribution is 2.16. The topological polar surface area (TPSA) is 43.8 Å². The molecule has 1 amide bonds. The third kappa shape index (κ3) is 3.27. The van der Waals surface area contributed by atoms with Gasteiger partial charge in [0.05, 0.1) is 0 Å². The second-order valence-corrected chi connectivity index (χ2v) is 4.13. The minimum absolute atomic E-state index is 0.180. The first-order chi connectivity index (χ1) is 6.63. The maximum absolute atomic E-state index is 10.9. The lowest BCUT2D eigenvalue weighted by Crippen LogP contribution is -2.52. The Kier molecular flexibility index (Phi) is 4.35. The van der Waals surface area contributed by atoms with Crippen LogP contribution in [-0.4, -0.2) is 60.6 Å². The van der Waals surface area contributed by atoms with Crippen LogP contribution in [0.5, 0.6) is 0 Å².